The van der Waals surface area contributed by atoms with Gasteiger partial charge in [-0.25, -0.2) is 0 Å². The summed E-state index contributed by atoms with van der Waals surface area (Å²) in [4.78, 5) is 12.7. The van der Waals surface area contributed by atoms with Gasteiger partial charge in [-0.05, 0) is 36.4 Å². The first-order valence-corrected chi connectivity index (χ1v) is 10.0. The quantitative estimate of drug-likeness (QED) is 0.332. The number of nitrogens with zero attached hydrogens (tertiary/aromatic N) is 5. The second-order valence-electron chi connectivity index (χ2n) is 7.20. The number of nitro benzene ring substituents is 1. The van der Waals surface area contributed by atoms with Gasteiger partial charge in [0.05, 0.1) is 22.9 Å². The molecule has 0 aliphatic carbocycles. The fourth-order valence-corrected chi connectivity index (χ4v) is 3.79. The molecule has 4 aromatic rings. The van der Waals surface area contributed by atoms with E-state index >= 15 is 0 Å². The highest BCUT2D eigenvalue weighted by Crippen LogP contribution is 2.32. The van der Waals surface area contributed by atoms with Crippen molar-refractivity contribution in [3.8, 4) is 22.6 Å². The maximum Gasteiger partial charge on any atom is 0.270 e. The maximum atomic E-state index is 11.0. The van der Waals surface area contributed by atoms with Crippen molar-refractivity contribution in [3.05, 3.63) is 87.1 Å². The number of rotatable bonds is 4. The Labute approximate surface area is 182 Å². The van der Waals surface area contributed by atoms with Crippen LogP contribution in [0.15, 0.2) is 65.2 Å². The zero-order chi connectivity index (χ0) is 21.4. The third-order valence-electron chi connectivity index (χ3n) is 5.27. The number of fused-ring (bicyclic) bond motifs is 1. The molecule has 2 aromatic carbocycles. The van der Waals surface area contributed by atoms with E-state index in [1.54, 1.807) is 12.1 Å². The van der Waals surface area contributed by atoms with Crippen molar-refractivity contribution in [2.24, 2.45) is 0 Å². The van der Waals surface area contributed by atoms with Crippen LogP contribution in [-0.2, 0) is 13.0 Å². The summed E-state index contributed by atoms with van der Waals surface area (Å²) in [6.07, 6.45) is 0.737. The van der Waals surface area contributed by atoms with Crippen molar-refractivity contribution in [1.82, 2.24) is 15.4 Å². The Balaban J connectivity index is 1.39. The first kappa shape index (κ1) is 19.2. The van der Waals surface area contributed by atoms with Crippen LogP contribution < -0.4 is 4.90 Å². The topological polar surface area (TPSA) is 98.2 Å². The fraction of sp³-hybridized carbons (Fsp3) is 0.136. The Kier molecular flexibility index (Phi) is 4.83. The molecule has 0 bridgehead atoms. The number of hydrogen-bond acceptors (Lipinski definition) is 7. The molecule has 0 saturated carbocycles. The van der Waals surface area contributed by atoms with Crippen LogP contribution >= 0.6 is 11.6 Å². The summed E-state index contributed by atoms with van der Waals surface area (Å²) >= 11 is 6.00. The molecule has 0 N–H and O–H groups in total. The molecular formula is C22H16ClN5O3. The Morgan fingerprint density at radius 3 is 2.61 bits per heavy atom. The Bertz CT molecular complexity index is 1260. The molecule has 0 spiro atoms. The van der Waals surface area contributed by atoms with Gasteiger partial charge in [0.15, 0.2) is 11.6 Å². The lowest BCUT2D eigenvalue weighted by molar-refractivity contribution is -0.384. The second-order valence-corrected chi connectivity index (χ2v) is 7.64. The zero-order valence-corrected chi connectivity index (χ0v) is 17.0. The van der Waals surface area contributed by atoms with Gasteiger partial charge in [0, 0.05) is 46.8 Å². The largest absolute Gasteiger partial charge is 0.356 e. The number of benzene rings is 2. The molecule has 3 heterocycles. The van der Waals surface area contributed by atoms with Crippen LogP contribution in [0.2, 0.25) is 5.02 Å². The van der Waals surface area contributed by atoms with Crippen LogP contribution in [0.1, 0.15) is 11.3 Å². The van der Waals surface area contributed by atoms with E-state index in [9.17, 15) is 10.1 Å². The van der Waals surface area contributed by atoms with Crippen molar-refractivity contribution in [2.75, 3.05) is 11.4 Å². The van der Waals surface area contributed by atoms with Crippen LogP contribution in [0, 0.1) is 10.1 Å². The molecule has 0 atom stereocenters. The van der Waals surface area contributed by atoms with Gasteiger partial charge in [0.1, 0.15) is 0 Å². The molecule has 0 radical (unpaired) electrons. The van der Waals surface area contributed by atoms with Crippen molar-refractivity contribution < 1.29 is 9.45 Å². The molecule has 2 aromatic heterocycles. The van der Waals surface area contributed by atoms with Gasteiger partial charge in [-0.3, -0.25) is 10.1 Å². The molecular weight excluding hydrogens is 418 g/mol. The first-order valence-electron chi connectivity index (χ1n) is 9.65. The smallest absolute Gasteiger partial charge is 0.270 e. The normalized spacial score (nSPS) is 13.1. The third kappa shape index (κ3) is 3.73. The highest BCUT2D eigenvalue weighted by molar-refractivity contribution is 6.30. The third-order valence-corrected chi connectivity index (χ3v) is 5.52. The summed E-state index contributed by atoms with van der Waals surface area (Å²) in [6.45, 7) is 1.34. The Morgan fingerprint density at radius 2 is 1.87 bits per heavy atom. The van der Waals surface area contributed by atoms with Gasteiger partial charge in [0.25, 0.3) is 5.69 Å². The standard InChI is InChI=1S/C22H16ClN5O3/c23-16-6-4-14(5-7-16)22-18-13-27(11-10-20(18)26-31-22)21-9-8-19(24-25-21)15-2-1-3-17(12-15)28(29)30/h1-9,12H,10-11,13H2. The molecule has 1 aliphatic rings. The van der Waals surface area contributed by atoms with E-state index in [1.807, 2.05) is 36.4 Å². The summed E-state index contributed by atoms with van der Waals surface area (Å²) in [6, 6.07) is 17.5. The van der Waals surface area contributed by atoms with Crippen LogP contribution in [0.4, 0.5) is 11.5 Å². The number of non-ortho nitro benzene ring substituents is 1. The number of aromatic nitrogens is 3. The highest BCUT2D eigenvalue weighted by atomic mass is 35.5. The summed E-state index contributed by atoms with van der Waals surface area (Å²) in [5.74, 6) is 1.46. The van der Waals surface area contributed by atoms with Crippen LogP contribution in [0.25, 0.3) is 22.6 Å². The number of anilines is 1. The molecule has 9 heteroatoms. The number of halogens is 1. The fourth-order valence-electron chi connectivity index (χ4n) is 3.66. The minimum absolute atomic E-state index is 0.0223. The van der Waals surface area contributed by atoms with Crippen LogP contribution in [0.5, 0.6) is 0 Å². The van der Waals surface area contributed by atoms with Gasteiger partial charge < -0.3 is 9.42 Å². The molecule has 1 aliphatic heterocycles. The Hall–Kier alpha value is -3.78. The predicted molar refractivity (Wildman–Crippen MR) is 116 cm³/mol. The van der Waals surface area contributed by atoms with E-state index in [-0.39, 0.29) is 5.69 Å². The van der Waals surface area contributed by atoms with E-state index in [0.717, 1.165) is 41.4 Å². The van der Waals surface area contributed by atoms with E-state index in [0.29, 0.717) is 22.8 Å². The molecule has 0 amide bonds. The summed E-state index contributed by atoms with van der Waals surface area (Å²) in [7, 11) is 0. The van der Waals surface area contributed by atoms with E-state index < -0.39 is 4.92 Å². The monoisotopic (exact) mass is 433 g/mol. The Morgan fingerprint density at radius 1 is 1.03 bits per heavy atom. The van der Waals surface area contributed by atoms with Gasteiger partial charge in [-0.2, -0.15) is 0 Å². The molecule has 8 nitrogen and oxygen atoms in total. The van der Waals surface area contributed by atoms with Gasteiger partial charge in [-0.15, -0.1) is 10.2 Å². The lowest BCUT2D eigenvalue weighted by Crippen LogP contribution is -2.31. The lowest BCUT2D eigenvalue weighted by Gasteiger charge is -2.27. The molecule has 0 fully saturated rings. The second kappa shape index (κ2) is 7.81. The van der Waals surface area contributed by atoms with E-state index in [2.05, 4.69) is 20.3 Å². The van der Waals surface area contributed by atoms with Gasteiger partial charge in [-0.1, -0.05) is 28.9 Å². The zero-order valence-electron chi connectivity index (χ0n) is 16.2. The van der Waals surface area contributed by atoms with Crippen molar-refractivity contribution in [1.29, 1.82) is 0 Å². The average Bonchev–Trinajstić information content (AvgIpc) is 3.23. The van der Waals surface area contributed by atoms with Crippen molar-refractivity contribution in [2.45, 2.75) is 13.0 Å². The summed E-state index contributed by atoms with van der Waals surface area (Å²) < 4.78 is 5.62. The van der Waals surface area contributed by atoms with Gasteiger partial charge >= 0.3 is 0 Å². The highest BCUT2D eigenvalue weighted by Gasteiger charge is 2.26. The molecule has 0 saturated heterocycles. The van der Waals surface area contributed by atoms with Gasteiger partial charge in [0.2, 0.25) is 0 Å². The van der Waals surface area contributed by atoms with Crippen LogP contribution in [0.3, 0.4) is 0 Å². The summed E-state index contributed by atoms with van der Waals surface area (Å²) in [5.41, 5.74) is 4.15. The molecule has 0 unspecified atom stereocenters. The average molecular weight is 434 g/mol. The van der Waals surface area contributed by atoms with E-state index in [1.165, 1.54) is 12.1 Å². The van der Waals surface area contributed by atoms with Crippen molar-refractivity contribution >= 4 is 23.1 Å². The SMILES string of the molecule is O=[N+]([O-])c1cccc(-c2ccc(N3CCc4noc(-c5ccc(Cl)cc5)c4C3)nn2)c1. The van der Waals surface area contributed by atoms with E-state index in [4.69, 9.17) is 16.1 Å². The lowest BCUT2D eigenvalue weighted by atomic mass is 10.0. The molecule has 31 heavy (non-hydrogen) atoms. The predicted octanol–water partition coefficient (Wildman–Crippen LogP) is 4.92. The summed E-state index contributed by atoms with van der Waals surface area (Å²) in [5, 5.41) is 24.6. The minimum atomic E-state index is -0.423. The number of hydrogen-bond donors (Lipinski definition) is 0. The van der Waals surface area contributed by atoms with Crippen molar-refractivity contribution in [3.63, 3.8) is 0 Å². The number of nitro groups is 1. The first-order chi connectivity index (χ1) is 15.1. The minimum Gasteiger partial charge on any atom is -0.356 e. The maximum absolute atomic E-state index is 11.0. The van der Waals surface area contributed by atoms with Crippen LogP contribution in [-0.4, -0.2) is 26.8 Å². The molecule has 154 valence electrons. The molecule has 5 rings (SSSR count).